The molecule has 0 spiro atoms. The van der Waals surface area contributed by atoms with Crippen LogP contribution in [0, 0.1) is 0 Å². The number of nitrogens with one attached hydrogen (secondary N) is 1. The van der Waals surface area contributed by atoms with Gasteiger partial charge < -0.3 is 14.8 Å². The highest BCUT2D eigenvalue weighted by molar-refractivity contribution is 9.10. The van der Waals surface area contributed by atoms with Crippen LogP contribution in [0.25, 0.3) is 5.65 Å². The first kappa shape index (κ1) is 12.3. The van der Waals surface area contributed by atoms with Gasteiger partial charge in [-0.05, 0) is 28.1 Å². The Balaban J connectivity index is 2.09. The van der Waals surface area contributed by atoms with E-state index in [4.69, 9.17) is 9.47 Å². The largest absolute Gasteiger partial charge is 0.354 e. The van der Waals surface area contributed by atoms with Crippen LogP contribution in [0.3, 0.4) is 0 Å². The molecule has 0 aromatic carbocycles. The molecule has 2 heterocycles. The average molecular weight is 301 g/mol. The number of nitrogens with zero attached hydrogens (tertiary/aromatic N) is 3. The van der Waals surface area contributed by atoms with Crippen molar-refractivity contribution in [1.82, 2.24) is 14.6 Å². The highest BCUT2D eigenvalue weighted by Gasteiger charge is 2.07. The summed E-state index contributed by atoms with van der Waals surface area (Å²) >= 11 is 3.38. The summed E-state index contributed by atoms with van der Waals surface area (Å²) in [6.07, 6.45) is 1.53. The minimum atomic E-state index is -0.312. The Bertz CT molecular complexity index is 498. The number of halogens is 1. The van der Waals surface area contributed by atoms with Gasteiger partial charge in [0.25, 0.3) is 0 Å². The maximum Gasteiger partial charge on any atom is 0.243 e. The summed E-state index contributed by atoms with van der Waals surface area (Å²) in [5.41, 5.74) is 0.780. The van der Waals surface area contributed by atoms with Crippen LogP contribution in [0.5, 0.6) is 0 Å². The zero-order valence-electron chi connectivity index (χ0n) is 9.55. The first-order valence-electron chi connectivity index (χ1n) is 5.04. The van der Waals surface area contributed by atoms with E-state index in [9.17, 15) is 0 Å². The minimum Gasteiger partial charge on any atom is -0.354 e. The molecule has 7 heteroatoms. The fourth-order valence-corrected chi connectivity index (χ4v) is 1.70. The Morgan fingerprint density at radius 2 is 2.18 bits per heavy atom. The molecule has 0 bridgehead atoms. The molecule has 0 saturated carbocycles. The maximum atomic E-state index is 5.06. The van der Waals surface area contributed by atoms with Crippen molar-refractivity contribution in [2.75, 3.05) is 26.1 Å². The smallest absolute Gasteiger partial charge is 0.243 e. The minimum absolute atomic E-state index is 0.312. The van der Waals surface area contributed by atoms with Crippen LogP contribution >= 0.6 is 15.9 Å². The Morgan fingerprint density at radius 3 is 2.88 bits per heavy atom. The highest BCUT2D eigenvalue weighted by atomic mass is 79.9. The van der Waals surface area contributed by atoms with E-state index in [2.05, 4.69) is 31.3 Å². The third-order valence-electron chi connectivity index (χ3n) is 2.25. The Morgan fingerprint density at radius 1 is 1.41 bits per heavy atom. The summed E-state index contributed by atoms with van der Waals surface area (Å²) in [7, 11) is 3.17. The number of aromatic nitrogens is 3. The number of anilines is 1. The van der Waals surface area contributed by atoms with Crippen LogP contribution in [0.2, 0.25) is 0 Å². The first-order chi connectivity index (χ1) is 8.22. The van der Waals surface area contributed by atoms with E-state index >= 15 is 0 Å². The molecule has 0 saturated heterocycles. The third-order valence-corrected chi connectivity index (χ3v) is 2.72. The highest BCUT2D eigenvalue weighted by Crippen LogP contribution is 2.12. The van der Waals surface area contributed by atoms with Crippen LogP contribution in [0.4, 0.5) is 5.95 Å². The van der Waals surface area contributed by atoms with Gasteiger partial charge in [-0.3, -0.25) is 0 Å². The number of rotatable bonds is 5. The van der Waals surface area contributed by atoms with Gasteiger partial charge in [0.15, 0.2) is 11.9 Å². The predicted octanol–water partition coefficient (Wildman–Crippen LogP) is 1.52. The number of ether oxygens (including phenoxy) is 2. The molecule has 0 amide bonds. The van der Waals surface area contributed by atoms with Gasteiger partial charge >= 0.3 is 0 Å². The predicted molar refractivity (Wildman–Crippen MR) is 67.0 cm³/mol. The molecule has 2 rings (SSSR count). The van der Waals surface area contributed by atoms with Crippen LogP contribution in [-0.4, -0.2) is 41.7 Å². The van der Waals surface area contributed by atoms with Gasteiger partial charge in [0.2, 0.25) is 5.95 Å². The van der Waals surface area contributed by atoms with Gasteiger partial charge in [-0.1, -0.05) is 0 Å². The van der Waals surface area contributed by atoms with Crippen molar-refractivity contribution in [3.63, 3.8) is 0 Å². The number of hydrogen-bond acceptors (Lipinski definition) is 5. The van der Waals surface area contributed by atoms with E-state index < -0.39 is 0 Å². The van der Waals surface area contributed by atoms with Gasteiger partial charge in [-0.15, -0.1) is 5.10 Å². The lowest BCUT2D eigenvalue weighted by Crippen LogP contribution is -2.24. The lowest BCUT2D eigenvalue weighted by Gasteiger charge is -2.12. The standard InChI is InChI=1S/C10H13BrN4O2/c1-16-9(17-2)5-12-10-13-8-4-3-7(11)6-15(8)14-10/h3-4,6,9H,5H2,1-2H3,(H,12,14). The van der Waals surface area contributed by atoms with Crippen LogP contribution in [-0.2, 0) is 9.47 Å². The van der Waals surface area contributed by atoms with Crippen LogP contribution in [0.1, 0.15) is 0 Å². The second kappa shape index (κ2) is 5.44. The van der Waals surface area contributed by atoms with Gasteiger partial charge in [0.05, 0.1) is 6.54 Å². The summed E-state index contributed by atoms with van der Waals surface area (Å²) in [4.78, 5) is 4.30. The van der Waals surface area contributed by atoms with Crippen molar-refractivity contribution in [2.24, 2.45) is 0 Å². The molecule has 2 aromatic rings. The molecule has 0 fully saturated rings. The second-order valence-electron chi connectivity index (χ2n) is 3.37. The van der Waals surface area contributed by atoms with Gasteiger partial charge in [-0.2, -0.15) is 4.98 Å². The molecule has 0 aliphatic heterocycles. The molecule has 0 radical (unpaired) electrons. The van der Waals surface area contributed by atoms with E-state index in [1.807, 2.05) is 18.3 Å². The van der Waals surface area contributed by atoms with Crippen LogP contribution < -0.4 is 5.32 Å². The molecule has 17 heavy (non-hydrogen) atoms. The number of hydrogen-bond donors (Lipinski definition) is 1. The van der Waals surface area contributed by atoms with E-state index in [-0.39, 0.29) is 6.29 Å². The van der Waals surface area contributed by atoms with Gasteiger partial charge in [-0.25, -0.2) is 4.52 Å². The summed E-state index contributed by atoms with van der Waals surface area (Å²) in [6.45, 7) is 0.491. The summed E-state index contributed by atoms with van der Waals surface area (Å²) in [5, 5.41) is 7.31. The Kier molecular flexibility index (Phi) is 3.93. The first-order valence-corrected chi connectivity index (χ1v) is 5.83. The third kappa shape index (κ3) is 2.93. The van der Waals surface area contributed by atoms with E-state index in [1.165, 1.54) is 0 Å². The quantitative estimate of drug-likeness (QED) is 0.849. The molecular formula is C10H13BrN4O2. The maximum absolute atomic E-state index is 5.06. The fourth-order valence-electron chi connectivity index (χ4n) is 1.37. The lowest BCUT2D eigenvalue weighted by molar-refractivity contribution is -0.0914. The molecule has 2 aromatic heterocycles. The topological polar surface area (TPSA) is 60.7 Å². The van der Waals surface area contributed by atoms with Crippen molar-refractivity contribution < 1.29 is 9.47 Å². The molecule has 6 nitrogen and oxygen atoms in total. The zero-order chi connectivity index (χ0) is 12.3. The van der Waals surface area contributed by atoms with Crippen LogP contribution in [0.15, 0.2) is 22.8 Å². The monoisotopic (exact) mass is 300 g/mol. The Labute approximate surface area is 107 Å². The summed E-state index contributed by atoms with van der Waals surface area (Å²) < 4.78 is 12.8. The number of fused-ring (bicyclic) bond motifs is 1. The Hall–Kier alpha value is -1.18. The molecule has 0 atom stereocenters. The molecule has 92 valence electrons. The van der Waals surface area contributed by atoms with Crippen molar-refractivity contribution in [2.45, 2.75) is 6.29 Å². The van der Waals surface area contributed by atoms with Crippen molar-refractivity contribution >= 4 is 27.5 Å². The lowest BCUT2D eigenvalue weighted by atomic mass is 10.5. The van der Waals surface area contributed by atoms with Crippen molar-refractivity contribution in [1.29, 1.82) is 0 Å². The van der Waals surface area contributed by atoms with E-state index in [1.54, 1.807) is 18.7 Å². The molecule has 0 unspecified atom stereocenters. The second-order valence-corrected chi connectivity index (χ2v) is 4.28. The van der Waals surface area contributed by atoms with Crippen molar-refractivity contribution in [3.05, 3.63) is 22.8 Å². The molecule has 0 aliphatic rings. The molecule has 0 aliphatic carbocycles. The SMILES string of the molecule is COC(CNc1nc2ccc(Br)cn2n1)OC. The summed E-state index contributed by atoms with van der Waals surface area (Å²) in [5.74, 6) is 0.544. The summed E-state index contributed by atoms with van der Waals surface area (Å²) in [6, 6.07) is 3.80. The van der Waals surface area contributed by atoms with E-state index in [0.717, 1.165) is 10.1 Å². The molecular weight excluding hydrogens is 288 g/mol. The molecule has 1 N–H and O–H groups in total. The van der Waals surface area contributed by atoms with Crippen molar-refractivity contribution in [3.8, 4) is 0 Å². The van der Waals surface area contributed by atoms with Gasteiger partial charge in [0, 0.05) is 24.9 Å². The van der Waals surface area contributed by atoms with Gasteiger partial charge in [0.1, 0.15) is 0 Å². The van der Waals surface area contributed by atoms with E-state index in [0.29, 0.717) is 12.5 Å². The average Bonchev–Trinajstić information content (AvgIpc) is 2.72. The number of methoxy groups -OCH3 is 2. The zero-order valence-corrected chi connectivity index (χ0v) is 11.1. The normalized spacial score (nSPS) is 11.3. The fraction of sp³-hybridized carbons (Fsp3) is 0.400. The number of pyridine rings is 1.